The molecule has 2 bridgehead atoms. The number of carbonyl (C=O) groups is 5. The minimum absolute atomic E-state index is 0.00137. The molecule has 14 nitrogen and oxygen atoms in total. The van der Waals surface area contributed by atoms with Crippen LogP contribution < -0.4 is 21.3 Å². The second kappa shape index (κ2) is 16.2. The van der Waals surface area contributed by atoms with Gasteiger partial charge in [0.25, 0.3) is 11.8 Å². The zero-order valence-corrected chi connectivity index (χ0v) is 28.8. The molecule has 2 aromatic carbocycles. The second-order valence-electron chi connectivity index (χ2n) is 13.0. The molecule has 4 N–H and O–H groups in total. The van der Waals surface area contributed by atoms with Gasteiger partial charge in [0.1, 0.15) is 23.7 Å². The number of amides is 5. The third-order valence-corrected chi connectivity index (χ3v) is 8.36. The van der Waals surface area contributed by atoms with Crippen LogP contribution in [0.1, 0.15) is 65.2 Å². The number of rotatable bonds is 5. The lowest BCUT2D eigenvalue weighted by Gasteiger charge is -2.25. The van der Waals surface area contributed by atoms with Crippen LogP contribution in [0.3, 0.4) is 0 Å². The standard InChI is InChI=1S/C36H44N8O6/c1-22(2)17-31-40-27-12-11-26-20-30(27)44(31)15-8-13-37-33(46)24(4)39-35(48)28(19-25-9-6-5-7-10-25)41-32(45)21-43(16-14-38-34(26)47)36(49)29-18-23(3)50-42-29/h5-7,9-12,18,20,22,24,28H,8,13-17,19,21H2,1-4H3,(H,37,46)(H,38,47)(H,39,48)(H,41,45)/t24-,28+/m1/s1. The molecule has 0 unspecified atom stereocenters. The molecule has 14 heteroatoms. The van der Waals surface area contributed by atoms with Crippen LogP contribution in [0, 0.1) is 12.8 Å². The second-order valence-corrected chi connectivity index (χ2v) is 13.0. The van der Waals surface area contributed by atoms with Gasteiger partial charge in [-0.3, -0.25) is 24.0 Å². The molecule has 5 amide bonds. The number of fused-ring (bicyclic) bond motifs is 1. The SMILES string of the molecule is Cc1cc(C(=O)N2CCNC(=O)c3ccc4nc(CC(C)C)n(c4c3)CCCNC(=O)[C@@H](C)NC(=O)[C@H](Cc3ccccc3)NC(=O)C2)no1. The fourth-order valence-corrected chi connectivity index (χ4v) is 5.83. The quantitative estimate of drug-likeness (QED) is 0.247. The molecule has 2 atom stereocenters. The lowest BCUT2D eigenvalue weighted by molar-refractivity contribution is -0.132. The van der Waals surface area contributed by atoms with Crippen LogP contribution in [0.15, 0.2) is 59.1 Å². The van der Waals surface area contributed by atoms with Gasteiger partial charge < -0.3 is 35.3 Å². The Bertz CT molecular complexity index is 1850. The van der Waals surface area contributed by atoms with Crippen molar-refractivity contribution in [3.05, 3.63) is 83.0 Å². The van der Waals surface area contributed by atoms with Crippen molar-refractivity contribution in [3.63, 3.8) is 0 Å². The minimum atomic E-state index is -1.05. The predicted molar refractivity (Wildman–Crippen MR) is 185 cm³/mol. The number of aromatic nitrogens is 3. The average Bonchev–Trinajstić information content (AvgIpc) is 3.67. The molecule has 264 valence electrons. The van der Waals surface area contributed by atoms with E-state index in [-0.39, 0.29) is 37.0 Å². The molecule has 50 heavy (non-hydrogen) atoms. The highest BCUT2D eigenvalue weighted by molar-refractivity contribution is 5.98. The zero-order valence-electron chi connectivity index (χ0n) is 28.8. The molecule has 1 aliphatic heterocycles. The van der Waals surface area contributed by atoms with Crippen molar-refractivity contribution in [1.29, 1.82) is 0 Å². The molecule has 0 spiro atoms. The summed E-state index contributed by atoms with van der Waals surface area (Å²) in [5.74, 6) is -0.820. The summed E-state index contributed by atoms with van der Waals surface area (Å²) in [6, 6.07) is 14.0. The van der Waals surface area contributed by atoms with E-state index in [1.165, 1.54) is 11.0 Å². The van der Waals surface area contributed by atoms with Crippen LogP contribution >= 0.6 is 0 Å². The Hall–Kier alpha value is -5.53. The largest absolute Gasteiger partial charge is 0.361 e. The lowest BCUT2D eigenvalue weighted by Crippen LogP contribution is -2.55. The highest BCUT2D eigenvalue weighted by Gasteiger charge is 2.28. The summed E-state index contributed by atoms with van der Waals surface area (Å²) in [5, 5.41) is 15.0. The van der Waals surface area contributed by atoms with Gasteiger partial charge in [-0.05, 0) is 49.9 Å². The maximum atomic E-state index is 13.5. The number of aryl methyl sites for hydroxylation is 2. The number of hydrogen-bond donors (Lipinski definition) is 4. The van der Waals surface area contributed by atoms with Gasteiger partial charge in [-0.25, -0.2) is 4.98 Å². The molecule has 2 aromatic heterocycles. The van der Waals surface area contributed by atoms with Crippen molar-refractivity contribution < 1.29 is 28.5 Å². The van der Waals surface area contributed by atoms with Gasteiger partial charge in [0.2, 0.25) is 17.7 Å². The average molecular weight is 685 g/mol. The Morgan fingerprint density at radius 2 is 1.74 bits per heavy atom. The maximum absolute atomic E-state index is 13.5. The first kappa shape index (κ1) is 35.8. The van der Waals surface area contributed by atoms with Crippen molar-refractivity contribution in [1.82, 2.24) is 40.9 Å². The molecule has 0 radical (unpaired) electrons. The first-order chi connectivity index (χ1) is 24.0. The third kappa shape index (κ3) is 9.12. The van der Waals surface area contributed by atoms with Crippen molar-refractivity contribution in [3.8, 4) is 0 Å². The first-order valence-electron chi connectivity index (χ1n) is 16.9. The number of hydrogen-bond acceptors (Lipinski definition) is 8. The molecule has 4 aromatic rings. The van der Waals surface area contributed by atoms with Gasteiger partial charge in [0, 0.05) is 50.7 Å². The first-order valence-corrected chi connectivity index (χ1v) is 16.9. The predicted octanol–water partition coefficient (Wildman–Crippen LogP) is 2.16. The van der Waals surface area contributed by atoms with Gasteiger partial charge in [-0.2, -0.15) is 0 Å². The van der Waals surface area contributed by atoms with E-state index in [0.717, 1.165) is 28.8 Å². The van der Waals surface area contributed by atoms with Crippen molar-refractivity contribution in [2.45, 2.75) is 65.6 Å². The summed E-state index contributed by atoms with van der Waals surface area (Å²) in [7, 11) is 0. The van der Waals surface area contributed by atoms with Crippen molar-refractivity contribution >= 4 is 40.6 Å². The molecule has 5 rings (SSSR count). The van der Waals surface area contributed by atoms with E-state index in [2.05, 4.69) is 44.8 Å². The lowest BCUT2D eigenvalue weighted by atomic mass is 10.0. The van der Waals surface area contributed by atoms with E-state index in [9.17, 15) is 24.0 Å². The minimum Gasteiger partial charge on any atom is -0.361 e. The summed E-state index contributed by atoms with van der Waals surface area (Å²) in [4.78, 5) is 73.0. The normalized spacial score (nSPS) is 18.7. The number of benzene rings is 2. The van der Waals surface area contributed by atoms with Crippen molar-refractivity contribution in [2.75, 3.05) is 26.2 Å². The van der Waals surface area contributed by atoms with Gasteiger partial charge in [-0.1, -0.05) is 49.3 Å². The highest BCUT2D eigenvalue weighted by Crippen LogP contribution is 2.21. The van der Waals surface area contributed by atoms with E-state index in [4.69, 9.17) is 9.51 Å². The Kier molecular flexibility index (Phi) is 11.6. The monoisotopic (exact) mass is 684 g/mol. The van der Waals surface area contributed by atoms with E-state index in [0.29, 0.717) is 36.8 Å². The van der Waals surface area contributed by atoms with Crippen LogP contribution in [0.2, 0.25) is 0 Å². The van der Waals surface area contributed by atoms with Crippen LogP contribution in [-0.2, 0) is 33.8 Å². The number of nitrogens with zero attached hydrogens (tertiary/aromatic N) is 4. The van der Waals surface area contributed by atoms with Crippen LogP contribution in [0.25, 0.3) is 11.0 Å². The summed E-state index contributed by atoms with van der Waals surface area (Å²) < 4.78 is 7.17. The summed E-state index contributed by atoms with van der Waals surface area (Å²) in [6.07, 6.45) is 1.47. The number of nitrogens with one attached hydrogen (secondary N) is 4. The van der Waals surface area contributed by atoms with E-state index < -0.39 is 36.3 Å². The fraction of sp³-hybridized carbons (Fsp3) is 0.417. The Balaban J connectivity index is 1.44. The molecule has 0 saturated heterocycles. The maximum Gasteiger partial charge on any atom is 0.276 e. The van der Waals surface area contributed by atoms with Crippen LogP contribution in [0.5, 0.6) is 0 Å². The Labute approximate surface area is 290 Å². The summed E-state index contributed by atoms with van der Waals surface area (Å²) >= 11 is 0. The van der Waals surface area contributed by atoms with Crippen LogP contribution in [-0.4, -0.2) is 87.4 Å². The van der Waals surface area contributed by atoms with E-state index >= 15 is 0 Å². The third-order valence-electron chi connectivity index (χ3n) is 8.36. The number of carbonyl (C=O) groups excluding carboxylic acids is 5. The van der Waals surface area contributed by atoms with Crippen LogP contribution in [0.4, 0.5) is 0 Å². The molecular formula is C36H44N8O6. The molecule has 0 fully saturated rings. The molecule has 3 heterocycles. The smallest absolute Gasteiger partial charge is 0.276 e. The van der Waals surface area contributed by atoms with Crippen molar-refractivity contribution in [2.24, 2.45) is 5.92 Å². The molecule has 1 aliphatic rings. The summed E-state index contributed by atoms with van der Waals surface area (Å²) in [6.45, 7) is 7.91. The topological polar surface area (TPSA) is 181 Å². The van der Waals surface area contributed by atoms with E-state index in [1.807, 2.05) is 36.4 Å². The summed E-state index contributed by atoms with van der Waals surface area (Å²) in [5.41, 5.74) is 2.76. The zero-order chi connectivity index (χ0) is 35.8. The number of imidazole rings is 1. The van der Waals surface area contributed by atoms with E-state index in [1.54, 1.807) is 26.0 Å². The van der Waals surface area contributed by atoms with Gasteiger partial charge in [0.15, 0.2) is 5.69 Å². The molecule has 0 aliphatic carbocycles. The van der Waals surface area contributed by atoms with Gasteiger partial charge in [-0.15, -0.1) is 0 Å². The van der Waals surface area contributed by atoms with Gasteiger partial charge in [0.05, 0.1) is 17.6 Å². The fourth-order valence-electron chi connectivity index (χ4n) is 5.83. The Morgan fingerprint density at radius 3 is 2.46 bits per heavy atom. The van der Waals surface area contributed by atoms with Gasteiger partial charge >= 0.3 is 0 Å². The molecule has 0 saturated carbocycles. The highest BCUT2D eigenvalue weighted by atomic mass is 16.5. The Morgan fingerprint density at radius 1 is 0.960 bits per heavy atom. The molecular weight excluding hydrogens is 640 g/mol.